The molecule has 0 aliphatic rings. The molecule has 0 aromatic rings. The fourth-order valence-electron chi connectivity index (χ4n) is 2.09. The number of hydrogen-bond acceptors (Lipinski definition) is 1. The number of rotatable bonds is 6. The molecule has 0 saturated heterocycles. The molecular weight excluding hydrogens is 196 g/mol. The van der Waals surface area contributed by atoms with E-state index in [1.54, 1.807) is 0 Å². The third kappa shape index (κ3) is 2.60. The van der Waals surface area contributed by atoms with E-state index in [9.17, 15) is 0 Å². The van der Waals surface area contributed by atoms with E-state index in [1.165, 1.54) is 18.9 Å². The van der Waals surface area contributed by atoms with Gasteiger partial charge in [0.05, 0.1) is 0 Å². The number of hydrogen-bond donors (Lipinski definition) is 0. The summed E-state index contributed by atoms with van der Waals surface area (Å²) < 4.78 is 11.2. The molecule has 0 amide bonds. The first-order valence-corrected chi connectivity index (χ1v) is 10.6. The van der Waals surface area contributed by atoms with Crippen LogP contribution in [0.3, 0.4) is 0 Å². The maximum absolute atomic E-state index is 6.17. The van der Waals surface area contributed by atoms with Crippen LogP contribution in [0.15, 0.2) is 12.3 Å². The Morgan fingerprint density at radius 3 is 1.54 bits per heavy atom. The van der Waals surface area contributed by atoms with Gasteiger partial charge in [-0.1, -0.05) is 0 Å². The van der Waals surface area contributed by atoms with Crippen LogP contribution in [0.25, 0.3) is 0 Å². The zero-order valence-corrected chi connectivity index (χ0v) is 11.5. The van der Waals surface area contributed by atoms with Crippen molar-refractivity contribution in [3.8, 4) is 0 Å². The fraction of sp³-hybridized carbons (Fsp3) is 0.818. The van der Waals surface area contributed by atoms with Gasteiger partial charge in [-0.2, -0.15) is 0 Å². The molecule has 0 aliphatic carbocycles. The summed E-state index contributed by atoms with van der Waals surface area (Å²) in [6, 6.07) is 0. The Kier molecular flexibility index (Phi) is 5.32. The van der Waals surface area contributed by atoms with E-state index in [4.69, 9.17) is 3.32 Å². The molecule has 2 heteroatoms. The summed E-state index contributed by atoms with van der Waals surface area (Å²) in [5.74, 6) is 0. The Morgan fingerprint density at radius 2 is 1.31 bits per heavy atom. The summed E-state index contributed by atoms with van der Waals surface area (Å²) in [6.07, 6.45) is 3.94. The molecular formula is C11H25OTi. The minimum absolute atomic E-state index is 1.27. The minimum atomic E-state index is -2.53. The van der Waals surface area contributed by atoms with Crippen molar-refractivity contribution in [2.75, 3.05) is 0 Å². The second-order valence-electron chi connectivity index (χ2n) is 4.08. The van der Waals surface area contributed by atoms with Crippen molar-refractivity contribution in [2.45, 2.75) is 53.5 Å². The molecule has 13 heavy (non-hydrogen) atoms. The van der Waals surface area contributed by atoms with Crippen molar-refractivity contribution in [1.29, 1.82) is 0 Å². The molecule has 0 aromatic carbocycles. The molecule has 0 aromatic heterocycles. The average Bonchev–Trinajstić information content (AvgIpc) is 2.23. The van der Waals surface area contributed by atoms with E-state index in [2.05, 4.69) is 27.7 Å². The molecule has 0 atom stereocenters. The predicted molar refractivity (Wildman–Crippen MR) is 57.8 cm³/mol. The monoisotopic (exact) mass is 221 g/mol. The van der Waals surface area contributed by atoms with E-state index >= 15 is 0 Å². The summed E-state index contributed by atoms with van der Waals surface area (Å²) in [5, 5.41) is 0. The van der Waals surface area contributed by atoms with Crippen LogP contribution < -0.4 is 0 Å². The number of allylic oxidation sites excluding steroid dienone is 1. The van der Waals surface area contributed by atoms with Crippen LogP contribution in [-0.2, 0) is 19.0 Å². The summed E-state index contributed by atoms with van der Waals surface area (Å²) in [6.45, 7) is 11.2. The van der Waals surface area contributed by atoms with E-state index in [0.29, 0.717) is 0 Å². The second-order valence-corrected chi connectivity index (χ2v) is 15.4. The topological polar surface area (TPSA) is 9.23 Å². The van der Waals surface area contributed by atoms with Gasteiger partial charge in [0.25, 0.3) is 0 Å². The van der Waals surface area contributed by atoms with Gasteiger partial charge in [0.15, 0.2) is 0 Å². The molecule has 79 valence electrons. The van der Waals surface area contributed by atoms with Gasteiger partial charge in [-0.05, 0) is 0 Å². The van der Waals surface area contributed by atoms with Gasteiger partial charge in [0, 0.05) is 0 Å². The van der Waals surface area contributed by atoms with Gasteiger partial charge in [-0.25, -0.2) is 0 Å². The molecule has 0 radical (unpaired) electrons. The summed E-state index contributed by atoms with van der Waals surface area (Å²) in [5.41, 5.74) is 0. The summed E-state index contributed by atoms with van der Waals surface area (Å²) >= 11 is -2.53. The van der Waals surface area contributed by atoms with Crippen LogP contribution in [0.1, 0.15) is 34.6 Å². The zero-order chi connectivity index (χ0) is 10.4. The zero-order valence-electron chi connectivity index (χ0n) is 9.89. The van der Waals surface area contributed by atoms with Crippen LogP contribution in [-0.4, -0.2) is 0 Å². The molecule has 0 bridgehead atoms. The first-order valence-electron chi connectivity index (χ1n) is 5.59. The van der Waals surface area contributed by atoms with Crippen molar-refractivity contribution in [2.24, 2.45) is 0 Å². The predicted octanol–water partition coefficient (Wildman–Crippen LogP) is 4.89. The van der Waals surface area contributed by atoms with Crippen molar-refractivity contribution in [3.05, 3.63) is 12.3 Å². The van der Waals surface area contributed by atoms with Gasteiger partial charge in [0.2, 0.25) is 0 Å². The molecule has 1 nitrogen and oxygen atoms in total. The first kappa shape index (κ1) is 13.3. The standard InChI is InChI=1S/C3H6O.4C2H5.Ti/c1-2-3-4;4*1-2;/h2-4H,1H3;4*1H2,2H3;/q;;;;;+1/p-1. The molecule has 0 N–H and O–H groups in total. The molecule has 0 rings (SSSR count). The van der Waals surface area contributed by atoms with Gasteiger partial charge >= 0.3 is 84.9 Å². The molecule has 0 saturated carbocycles. The van der Waals surface area contributed by atoms with Gasteiger partial charge in [-0.3, -0.25) is 0 Å². The molecule has 0 aliphatic heterocycles. The van der Waals surface area contributed by atoms with Crippen LogP contribution in [0.4, 0.5) is 0 Å². The van der Waals surface area contributed by atoms with Crippen LogP contribution in [0, 0.1) is 0 Å². The van der Waals surface area contributed by atoms with Crippen molar-refractivity contribution >= 4 is 0 Å². The third-order valence-electron chi connectivity index (χ3n) is 4.11. The van der Waals surface area contributed by atoms with E-state index in [-0.39, 0.29) is 0 Å². The average molecular weight is 221 g/mol. The van der Waals surface area contributed by atoms with Crippen molar-refractivity contribution in [3.63, 3.8) is 0 Å². The van der Waals surface area contributed by atoms with Gasteiger partial charge in [0.1, 0.15) is 0 Å². The Labute approximate surface area is 84.9 Å². The van der Waals surface area contributed by atoms with Crippen LogP contribution in [0.2, 0.25) is 18.9 Å². The van der Waals surface area contributed by atoms with Crippen LogP contribution in [0.5, 0.6) is 0 Å². The first-order chi connectivity index (χ1) is 6.12. The summed E-state index contributed by atoms with van der Waals surface area (Å²) in [4.78, 5) is 0. The van der Waals surface area contributed by atoms with Crippen molar-refractivity contribution < 1.29 is 19.0 Å². The molecule has 0 spiro atoms. The van der Waals surface area contributed by atoms with E-state index < -0.39 is 15.7 Å². The Hall–Kier alpha value is 0.254. The fourth-order valence-corrected chi connectivity index (χ4v) is 8.63. The summed E-state index contributed by atoms with van der Waals surface area (Å²) in [7, 11) is 0. The SMILES string of the molecule is CC=C[O][Ti]([CH2]C)([CH2]C)([CH2]C)[CH2]C. The quantitative estimate of drug-likeness (QED) is 0.458. The normalized spacial score (nSPS) is 15.6. The van der Waals surface area contributed by atoms with Crippen LogP contribution >= 0.6 is 0 Å². The van der Waals surface area contributed by atoms with Gasteiger partial charge < -0.3 is 0 Å². The molecule has 0 fully saturated rings. The Bertz CT molecular complexity index is 147. The van der Waals surface area contributed by atoms with Crippen molar-refractivity contribution in [1.82, 2.24) is 0 Å². The van der Waals surface area contributed by atoms with E-state index in [0.717, 1.165) is 0 Å². The second kappa shape index (κ2) is 5.21. The Morgan fingerprint density at radius 1 is 0.923 bits per heavy atom. The Balaban J connectivity index is 4.83. The third-order valence-corrected chi connectivity index (χ3v) is 16.5. The molecule has 0 heterocycles. The maximum atomic E-state index is 6.17. The molecule has 0 unspecified atom stereocenters. The van der Waals surface area contributed by atoms with E-state index in [1.807, 2.05) is 19.3 Å². The van der Waals surface area contributed by atoms with Gasteiger partial charge in [-0.15, -0.1) is 0 Å².